The summed E-state index contributed by atoms with van der Waals surface area (Å²) in [5.41, 5.74) is 9.70. The van der Waals surface area contributed by atoms with Crippen molar-refractivity contribution in [3.63, 3.8) is 0 Å². The van der Waals surface area contributed by atoms with Crippen LogP contribution in [0.25, 0.3) is 32.5 Å². The summed E-state index contributed by atoms with van der Waals surface area (Å²) in [7, 11) is 0. The normalized spacial score (nSPS) is 12.6. The maximum atomic E-state index is 6.37. The Morgan fingerprint density at radius 1 is 0.939 bits per heavy atom. The molecule has 0 bridgehead atoms. The summed E-state index contributed by atoms with van der Waals surface area (Å²) < 4.78 is 7.51. The molecule has 33 heavy (non-hydrogen) atoms. The lowest BCUT2D eigenvalue weighted by atomic mass is 9.86. The van der Waals surface area contributed by atoms with E-state index in [0.29, 0.717) is 0 Å². The van der Waals surface area contributed by atoms with Crippen molar-refractivity contribution in [1.82, 2.24) is 4.98 Å². The summed E-state index contributed by atoms with van der Waals surface area (Å²) in [6, 6.07) is 22.9. The highest BCUT2D eigenvalue weighted by Crippen LogP contribution is 2.29. The van der Waals surface area contributed by atoms with Gasteiger partial charge in [0.25, 0.3) is 0 Å². The predicted molar refractivity (Wildman–Crippen MR) is 139 cm³/mol. The third-order valence-electron chi connectivity index (χ3n) is 5.79. The van der Waals surface area contributed by atoms with E-state index in [1.54, 1.807) is 11.3 Å². The Kier molecular flexibility index (Phi) is 5.29. The lowest BCUT2D eigenvalue weighted by Gasteiger charge is -2.19. The Morgan fingerprint density at radius 2 is 1.70 bits per heavy atom. The Balaban J connectivity index is 1.64. The third kappa shape index (κ3) is 4.29. The number of thiazole rings is 1. The van der Waals surface area contributed by atoms with Gasteiger partial charge in [-0.2, -0.15) is 5.10 Å². The summed E-state index contributed by atoms with van der Waals surface area (Å²) in [5, 5.41) is 7.38. The first-order valence-corrected chi connectivity index (χ1v) is 11.9. The van der Waals surface area contributed by atoms with Crippen molar-refractivity contribution < 1.29 is 4.42 Å². The highest BCUT2D eigenvalue weighted by atomic mass is 32.1. The van der Waals surface area contributed by atoms with Crippen molar-refractivity contribution in [2.75, 3.05) is 5.43 Å². The number of nitrogens with one attached hydrogen (secondary N) is 1. The molecule has 0 unspecified atom stereocenters. The van der Waals surface area contributed by atoms with Gasteiger partial charge in [-0.25, -0.2) is 4.98 Å². The first-order valence-electron chi connectivity index (χ1n) is 11.1. The number of anilines is 1. The molecule has 2 heterocycles. The Hall–Kier alpha value is -3.44. The van der Waals surface area contributed by atoms with Crippen LogP contribution in [0.5, 0.6) is 0 Å². The van der Waals surface area contributed by atoms with Gasteiger partial charge in [0.1, 0.15) is 11.3 Å². The zero-order valence-corrected chi connectivity index (χ0v) is 20.4. The average Bonchev–Trinajstić information content (AvgIpc) is 3.19. The molecule has 0 saturated carbocycles. The molecule has 0 fully saturated rings. The summed E-state index contributed by atoms with van der Waals surface area (Å²) in [4.78, 5) is 4.65. The second-order valence-corrected chi connectivity index (χ2v) is 10.5. The highest BCUT2D eigenvalue weighted by molar-refractivity contribution is 7.22. The second-order valence-electron chi connectivity index (χ2n) is 9.49. The predicted octanol–water partition coefficient (Wildman–Crippen LogP) is 7.55. The lowest BCUT2D eigenvalue weighted by Crippen LogP contribution is -2.11. The van der Waals surface area contributed by atoms with E-state index in [1.807, 2.05) is 24.3 Å². The van der Waals surface area contributed by atoms with Gasteiger partial charge in [0, 0.05) is 17.0 Å². The lowest BCUT2D eigenvalue weighted by molar-refractivity contribution is 0.589. The standard InChI is InChI=1S/C28H27N3OS/c1-17-14-18(2)26-22(30-31-27-29-21-8-6-7-9-25(21)33-27)16-23(32-24(26)15-17)19-10-12-20(13-11-19)28(3,4)5/h6-16H,1-5H3,(H,29,31). The van der Waals surface area contributed by atoms with Gasteiger partial charge in [0.15, 0.2) is 0 Å². The van der Waals surface area contributed by atoms with Crippen LogP contribution in [-0.4, -0.2) is 4.98 Å². The number of fused-ring (bicyclic) bond motifs is 2. The van der Waals surface area contributed by atoms with E-state index < -0.39 is 0 Å². The molecule has 5 aromatic rings. The Morgan fingerprint density at radius 3 is 2.42 bits per heavy atom. The molecule has 0 amide bonds. The topological polar surface area (TPSA) is 50.4 Å². The molecular formula is C28H27N3OS. The van der Waals surface area contributed by atoms with Crippen LogP contribution in [0.2, 0.25) is 0 Å². The Labute approximate surface area is 197 Å². The van der Waals surface area contributed by atoms with Gasteiger partial charge in [-0.05, 0) is 54.2 Å². The van der Waals surface area contributed by atoms with Gasteiger partial charge >= 0.3 is 0 Å². The SMILES string of the molecule is Cc1cc(C)c2c(=NNc3nc4ccccc4s3)cc(-c3ccc(C(C)(C)C)cc3)oc2c1. The van der Waals surface area contributed by atoms with Crippen LogP contribution in [0.4, 0.5) is 5.13 Å². The van der Waals surface area contributed by atoms with Gasteiger partial charge in [-0.15, -0.1) is 0 Å². The maximum absolute atomic E-state index is 6.37. The number of hydrogen-bond donors (Lipinski definition) is 1. The summed E-state index contributed by atoms with van der Waals surface area (Å²) in [6.45, 7) is 10.8. The smallest absolute Gasteiger partial charge is 0.204 e. The van der Waals surface area contributed by atoms with E-state index in [0.717, 1.165) is 54.1 Å². The van der Waals surface area contributed by atoms with Crippen LogP contribution >= 0.6 is 11.3 Å². The van der Waals surface area contributed by atoms with Crippen LogP contribution < -0.4 is 10.8 Å². The van der Waals surface area contributed by atoms with E-state index in [9.17, 15) is 0 Å². The van der Waals surface area contributed by atoms with Crippen molar-refractivity contribution in [3.8, 4) is 11.3 Å². The quantitative estimate of drug-likeness (QED) is 0.287. The molecular weight excluding hydrogens is 426 g/mol. The van der Waals surface area contributed by atoms with Crippen molar-refractivity contribution in [2.24, 2.45) is 5.10 Å². The molecule has 0 radical (unpaired) electrons. The molecule has 0 atom stereocenters. The first-order chi connectivity index (χ1) is 15.8. The van der Waals surface area contributed by atoms with Gasteiger partial charge < -0.3 is 4.42 Å². The fourth-order valence-corrected chi connectivity index (χ4v) is 4.88. The van der Waals surface area contributed by atoms with Crippen molar-refractivity contribution in [2.45, 2.75) is 40.0 Å². The van der Waals surface area contributed by atoms with Crippen LogP contribution in [0.3, 0.4) is 0 Å². The molecule has 0 aliphatic carbocycles. The van der Waals surface area contributed by atoms with E-state index in [4.69, 9.17) is 9.52 Å². The molecule has 4 nitrogen and oxygen atoms in total. The molecule has 5 heteroatoms. The molecule has 0 spiro atoms. The van der Waals surface area contributed by atoms with Crippen molar-refractivity contribution in [3.05, 3.63) is 88.8 Å². The first kappa shape index (κ1) is 21.4. The molecule has 0 aliphatic heterocycles. The maximum Gasteiger partial charge on any atom is 0.204 e. The van der Waals surface area contributed by atoms with Gasteiger partial charge in [-0.1, -0.05) is 74.6 Å². The third-order valence-corrected chi connectivity index (χ3v) is 6.73. The zero-order chi connectivity index (χ0) is 23.2. The summed E-state index contributed by atoms with van der Waals surface area (Å²) in [6.07, 6.45) is 0. The van der Waals surface area contributed by atoms with Crippen molar-refractivity contribution in [1.29, 1.82) is 0 Å². The monoisotopic (exact) mass is 453 g/mol. The van der Waals surface area contributed by atoms with E-state index in [-0.39, 0.29) is 5.41 Å². The number of rotatable bonds is 3. The Bertz CT molecular complexity index is 1500. The fraction of sp³-hybridized carbons (Fsp3) is 0.214. The van der Waals surface area contributed by atoms with E-state index in [1.165, 1.54) is 5.56 Å². The number of aromatic nitrogens is 1. The van der Waals surface area contributed by atoms with Crippen LogP contribution in [0, 0.1) is 13.8 Å². The minimum Gasteiger partial charge on any atom is -0.456 e. The number of hydrogen-bond acceptors (Lipinski definition) is 5. The van der Waals surface area contributed by atoms with Crippen LogP contribution in [0.1, 0.15) is 37.5 Å². The van der Waals surface area contributed by atoms with Gasteiger partial charge in [-0.3, -0.25) is 5.43 Å². The summed E-state index contributed by atoms with van der Waals surface area (Å²) >= 11 is 1.59. The average molecular weight is 454 g/mol. The van der Waals surface area contributed by atoms with Crippen LogP contribution in [-0.2, 0) is 5.41 Å². The molecule has 166 valence electrons. The van der Waals surface area contributed by atoms with E-state index in [2.05, 4.69) is 87.5 Å². The molecule has 2 aromatic heterocycles. The van der Waals surface area contributed by atoms with Gasteiger partial charge in [0.2, 0.25) is 5.13 Å². The second kappa shape index (κ2) is 8.16. The number of benzene rings is 3. The molecule has 0 saturated heterocycles. The van der Waals surface area contributed by atoms with Crippen molar-refractivity contribution >= 4 is 37.7 Å². The minimum absolute atomic E-state index is 0.106. The number of para-hydroxylation sites is 1. The summed E-state index contributed by atoms with van der Waals surface area (Å²) in [5.74, 6) is 0.790. The largest absolute Gasteiger partial charge is 0.456 e. The van der Waals surface area contributed by atoms with E-state index >= 15 is 0 Å². The molecule has 5 rings (SSSR count). The molecule has 3 aromatic carbocycles. The van der Waals surface area contributed by atoms with Crippen LogP contribution in [0.15, 0.2) is 76.2 Å². The molecule has 1 N–H and O–H groups in total. The molecule has 0 aliphatic rings. The number of aryl methyl sites for hydroxylation is 2. The number of nitrogens with zero attached hydrogens (tertiary/aromatic N) is 2. The fourth-order valence-electron chi connectivity index (χ4n) is 4.07. The minimum atomic E-state index is 0.106. The zero-order valence-electron chi connectivity index (χ0n) is 19.6. The highest BCUT2D eigenvalue weighted by Gasteiger charge is 2.14. The van der Waals surface area contributed by atoms with Gasteiger partial charge in [0.05, 0.1) is 15.6 Å².